The summed E-state index contributed by atoms with van der Waals surface area (Å²) in [7, 11) is 0. The number of amides is 1. The summed E-state index contributed by atoms with van der Waals surface area (Å²) < 4.78 is 28.5. The molecule has 0 aliphatic heterocycles. The summed E-state index contributed by atoms with van der Waals surface area (Å²) in [5.74, 6) is -1.04. The fourth-order valence-electron chi connectivity index (χ4n) is 2.27. The van der Waals surface area contributed by atoms with Crippen LogP contribution in [0.2, 0.25) is 0 Å². The molecule has 1 N–H and O–H groups in total. The van der Waals surface area contributed by atoms with Gasteiger partial charge in [-0.2, -0.15) is 0 Å². The number of rotatable bonds is 5. The quantitative estimate of drug-likeness (QED) is 0.724. The number of hydrogen-bond donors (Lipinski definition) is 1. The van der Waals surface area contributed by atoms with Gasteiger partial charge < -0.3 is 9.88 Å². The third-order valence-corrected chi connectivity index (χ3v) is 3.56. The Bertz CT molecular complexity index is 888. The molecule has 6 heteroatoms. The molecule has 0 aliphatic rings. The summed E-state index contributed by atoms with van der Waals surface area (Å²) in [6.45, 7) is 0.202. The Morgan fingerprint density at radius 3 is 2.64 bits per heavy atom. The van der Waals surface area contributed by atoms with Crippen molar-refractivity contribution in [3.63, 3.8) is 0 Å². The van der Waals surface area contributed by atoms with Crippen molar-refractivity contribution in [1.82, 2.24) is 14.9 Å². The van der Waals surface area contributed by atoms with Gasteiger partial charge in [-0.15, -0.1) is 0 Å². The van der Waals surface area contributed by atoms with Crippen molar-refractivity contribution in [3.05, 3.63) is 90.0 Å². The zero-order valence-corrected chi connectivity index (χ0v) is 13.2. The van der Waals surface area contributed by atoms with Crippen LogP contribution in [-0.2, 0) is 11.3 Å². The third kappa shape index (κ3) is 4.38. The first-order chi connectivity index (χ1) is 12.1. The number of benzene rings is 2. The van der Waals surface area contributed by atoms with Crippen molar-refractivity contribution < 1.29 is 13.6 Å². The molecule has 1 amide bonds. The van der Waals surface area contributed by atoms with Crippen LogP contribution in [0.1, 0.15) is 11.1 Å². The number of nitrogens with zero attached hydrogens (tertiary/aromatic N) is 2. The topological polar surface area (TPSA) is 46.9 Å². The summed E-state index contributed by atoms with van der Waals surface area (Å²) in [5, 5.41) is 2.68. The molecule has 0 radical (unpaired) electrons. The van der Waals surface area contributed by atoms with Gasteiger partial charge in [0.1, 0.15) is 11.6 Å². The van der Waals surface area contributed by atoms with E-state index in [1.165, 1.54) is 30.6 Å². The average Bonchev–Trinajstić information content (AvgIpc) is 3.14. The summed E-state index contributed by atoms with van der Waals surface area (Å²) in [5.41, 5.74) is 1.75. The van der Waals surface area contributed by atoms with E-state index >= 15 is 0 Å². The maximum Gasteiger partial charge on any atom is 0.244 e. The van der Waals surface area contributed by atoms with Crippen molar-refractivity contribution in [1.29, 1.82) is 0 Å². The van der Waals surface area contributed by atoms with Gasteiger partial charge in [0, 0.05) is 25.0 Å². The van der Waals surface area contributed by atoms with E-state index in [0.29, 0.717) is 16.8 Å². The first-order valence-electron chi connectivity index (χ1n) is 7.60. The maximum atomic E-state index is 14.1. The Kier molecular flexibility index (Phi) is 4.99. The predicted molar refractivity (Wildman–Crippen MR) is 90.8 cm³/mol. The summed E-state index contributed by atoms with van der Waals surface area (Å²) in [4.78, 5) is 15.7. The molecule has 25 heavy (non-hydrogen) atoms. The van der Waals surface area contributed by atoms with Crippen LogP contribution >= 0.6 is 0 Å². The Balaban J connectivity index is 1.58. The van der Waals surface area contributed by atoms with E-state index in [1.54, 1.807) is 47.3 Å². The van der Waals surface area contributed by atoms with Gasteiger partial charge in [-0.05, 0) is 41.5 Å². The van der Waals surface area contributed by atoms with Crippen LogP contribution in [0.3, 0.4) is 0 Å². The molecule has 4 nitrogen and oxygen atoms in total. The zero-order valence-electron chi connectivity index (χ0n) is 13.2. The smallest absolute Gasteiger partial charge is 0.244 e. The molecule has 0 spiro atoms. The van der Waals surface area contributed by atoms with Crippen LogP contribution in [0, 0.1) is 11.6 Å². The van der Waals surface area contributed by atoms with Crippen molar-refractivity contribution >= 4 is 12.0 Å². The van der Waals surface area contributed by atoms with E-state index in [-0.39, 0.29) is 18.3 Å². The Labute approximate surface area is 143 Å². The van der Waals surface area contributed by atoms with Crippen LogP contribution in [0.15, 0.2) is 67.3 Å². The van der Waals surface area contributed by atoms with Gasteiger partial charge in [-0.25, -0.2) is 13.8 Å². The second kappa shape index (κ2) is 7.53. The van der Waals surface area contributed by atoms with E-state index in [0.717, 1.165) is 0 Å². The van der Waals surface area contributed by atoms with Gasteiger partial charge in [0.05, 0.1) is 12.0 Å². The van der Waals surface area contributed by atoms with E-state index in [4.69, 9.17) is 0 Å². The van der Waals surface area contributed by atoms with E-state index in [2.05, 4.69) is 10.3 Å². The van der Waals surface area contributed by atoms with Gasteiger partial charge in [0.2, 0.25) is 5.91 Å². The van der Waals surface area contributed by atoms with Gasteiger partial charge in [0.25, 0.3) is 0 Å². The average molecular weight is 339 g/mol. The van der Waals surface area contributed by atoms with Crippen molar-refractivity contribution in [2.75, 3.05) is 0 Å². The molecule has 0 aliphatic carbocycles. The predicted octanol–water partition coefficient (Wildman–Crippen LogP) is 3.48. The number of halogens is 2. The number of carbonyl (C=O) groups is 1. The first-order valence-corrected chi connectivity index (χ1v) is 7.60. The fourth-order valence-corrected chi connectivity index (χ4v) is 2.27. The third-order valence-electron chi connectivity index (χ3n) is 3.56. The molecule has 0 unspecified atom stereocenters. The van der Waals surface area contributed by atoms with Crippen LogP contribution < -0.4 is 5.32 Å². The van der Waals surface area contributed by atoms with Crippen molar-refractivity contribution in [2.24, 2.45) is 0 Å². The van der Waals surface area contributed by atoms with Gasteiger partial charge in [0.15, 0.2) is 0 Å². The highest BCUT2D eigenvalue weighted by Crippen LogP contribution is 2.15. The minimum Gasteiger partial charge on any atom is -0.348 e. The highest BCUT2D eigenvalue weighted by atomic mass is 19.1. The highest BCUT2D eigenvalue weighted by Gasteiger charge is 2.06. The Morgan fingerprint density at radius 2 is 1.96 bits per heavy atom. The molecule has 0 saturated carbocycles. The van der Waals surface area contributed by atoms with E-state index in [1.807, 2.05) is 0 Å². The molecule has 3 aromatic rings. The minimum absolute atomic E-state index is 0.202. The molecule has 1 heterocycles. The lowest BCUT2D eigenvalue weighted by atomic mass is 10.2. The molecule has 0 bridgehead atoms. The largest absolute Gasteiger partial charge is 0.348 e. The zero-order chi connectivity index (χ0) is 17.6. The standard InChI is InChI=1S/C19H15F2N3O/c20-16-5-1-14(2-6-16)4-8-19(25)23-12-15-3-7-18(17(21)11-15)24-10-9-22-13-24/h1-11,13H,12H2,(H,23,25). The SMILES string of the molecule is O=C(C=Cc1ccc(F)cc1)NCc1ccc(-n2ccnc2)c(F)c1. The van der Waals surface area contributed by atoms with Gasteiger partial charge >= 0.3 is 0 Å². The molecule has 0 fully saturated rings. The van der Waals surface area contributed by atoms with Crippen LogP contribution in [0.4, 0.5) is 8.78 Å². The molecular weight excluding hydrogens is 324 g/mol. The highest BCUT2D eigenvalue weighted by molar-refractivity contribution is 5.91. The fraction of sp³-hybridized carbons (Fsp3) is 0.0526. The maximum absolute atomic E-state index is 14.1. The van der Waals surface area contributed by atoms with Crippen LogP contribution in [0.25, 0.3) is 11.8 Å². The summed E-state index contributed by atoms with van der Waals surface area (Å²) >= 11 is 0. The Hall–Kier alpha value is -3.28. The summed E-state index contributed by atoms with van der Waals surface area (Å²) in [6.07, 6.45) is 7.67. The van der Waals surface area contributed by atoms with E-state index in [9.17, 15) is 13.6 Å². The molecule has 0 saturated heterocycles. The second-order valence-corrected chi connectivity index (χ2v) is 5.36. The van der Waals surface area contributed by atoms with Crippen LogP contribution in [0.5, 0.6) is 0 Å². The second-order valence-electron chi connectivity index (χ2n) is 5.36. The van der Waals surface area contributed by atoms with Crippen molar-refractivity contribution in [2.45, 2.75) is 6.54 Å². The van der Waals surface area contributed by atoms with Crippen molar-refractivity contribution in [3.8, 4) is 5.69 Å². The normalized spacial score (nSPS) is 11.0. The molecule has 126 valence electrons. The van der Waals surface area contributed by atoms with Gasteiger partial charge in [-0.3, -0.25) is 4.79 Å². The molecule has 2 aromatic carbocycles. The van der Waals surface area contributed by atoms with Crippen LogP contribution in [-0.4, -0.2) is 15.5 Å². The summed E-state index contributed by atoms with van der Waals surface area (Å²) in [6, 6.07) is 10.5. The molecule has 3 rings (SSSR count). The van der Waals surface area contributed by atoms with E-state index < -0.39 is 5.82 Å². The lowest BCUT2D eigenvalue weighted by Crippen LogP contribution is -2.20. The number of aromatic nitrogens is 2. The lowest BCUT2D eigenvalue weighted by molar-refractivity contribution is -0.116. The Morgan fingerprint density at radius 1 is 1.16 bits per heavy atom. The first kappa shape index (κ1) is 16.6. The molecule has 0 atom stereocenters. The van der Waals surface area contributed by atoms with Gasteiger partial charge in [-0.1, -0.05) is 18.2 Å². The number of carbonyl (C=O) groups excluding carboxylic acids is 1. The minimum atomic E-state index is -0.397. The molecular formula is C19H15F2N3O. The lowest BCUT2D eigenvalue weighted by Gasteiger charge is -2.07. The number of nitrogens with one attached hydrogen (secondary N) is 1. The monoisotopic (exact) mass is 339 g/mol. The number of hydrogen-bond acceptors (Lipinski definition) is 2. The number of imidazole rings is 1. The molecule has 1 aromatic heterocycles.